The first kappa shape index (κ1) is 13.3. The molecule has 0 amide bonds. The summed E-state index contributed by atoms with van der Waals surface area (Å²) in [5, 5.41) is 8.99. The van der Waals surface area contributed by atoms with Gasteiger partial charge in [0.1, 0.15) is 0 Å². The first-order chi connectivity index (χ1) is 8.72. The Bertz CT molecular complexity index is 360. The highest BCUT2D eigenvalue weighted by Gasteiger charge is 2.25. The van der Waals surface area contributed by atoms with Gasteiger partial charge in [-0.3, -0.25) is 4.98 Å². The fraction of sp³-hybridized carbons (Fsp3) is 0.643. The minimum atomic E-state index is -0.0198. The molecule has 100 valence electrons. The Labute approximate surface area is 109 Å². The topological polar surface area (TPSA) is 62.4 Å². The second-order valence-electron chi connectivity index (χ2n) is 5.09. The molecule has 1 fully saturated rings. The molecule has 2 rings (SSSR count). The van der Waals surface area contributed by atoms with E-state index in [-0.39, 0.29) is 12.6 Å². The number of aromatic nitrogens is 1. The maximum atomic E-state index is 8.99. The van der Waals surface area contributed by atoms with Gasteiger partial charge in [-0.25, -0.2) is 0 Å². The van der Waals surface area contributed by atoms with Crippen LogP contribution in [0.5, 0.6) is 0 Å². The number of hydrogen-bond acceptors (Lipinski definition) is 4. The van der Waals surface area contributed by atoms with Gasteiger partial charge in [-0.1, -0.05) is 0 Å². The van der Waals surface area contributed by atoms with Crippen LogP contribution in [0.15, 0.2) is 18.3 Å². The van der Waals surface area contributed by atoms with Gasteiger partial charge in [-0.2, -0.15) is 0 Å². The van der Waals surface area contributed by atoms with Crippen molar-refractivity contribution in [3.05, 3.63) is 24.0 Å². The fourth-order valence-corrected chi connectivity index (χ4v) is 2.30. The van der Waals surface area contributed by atoms with Crippen LogP contribution in [-0.4, -0.2) is 29.3 Å². The molecule has 0 radical (unpaired) electrons. The van der Waals surface area contributed by atoms with Crippen LogP contribution in [0, 0.1) is 0 Å². The molecule has 1 aromatic heterocycles. The van der Waals surface area contributed by atoms with Crippen molar-refractivity contribution in [1.29, 1.82) is 0 Å². The summed E-state index contributed by atoms with van der Waals surface area (Å²) in [4.78, 5) is 6.79. The average molecular weight is 249 g/mol. The zero-order valence-electron chi connectivity index (χ0n) is 11.0. The highest BCUT2D eigenvalue weighted by Crippen LogP contribution is 2.29. The van der Waals surface area contributed by atoms with E-state index in [0.29, 0.717) is 6.04 Å². The Kier molecular flexibility index (Phi) is 4.55. The monoisotopic (exact) mass is 249 g/mol. The second-order valence-corrected chi connectivity index (χ2v) is 5.09. The lowest BCUT2D eigenvalue weighted by Gasteiger charge is -2.39. The third-order valence-electron chi connectivity index (χ3n) is 3.64. The van der Waals surface area contributed by atoms with Gasteiger partial charge in [0, 0.05) is 25.2 Å². The second kappa shape index (κ2) is 6.16. The summed E-state index contributed by atoms with van der Waals surface area (Å²) in [7, 11) is 0. The Balaban J connectivity index is 2.08. The molecule has 4 nitrogen and oxygen atoms in total. The summed E-state index contributed by atoms with van der Waals surface area (Å²) in [5.41, 5.74) is 7.88. The van der Waals surface area contributed by atoms with Gasteiger partial charge in [0.2, 0.25) is 0 Å². The molecule has 0 bridgehead atoms. The highest BCUT2D eigenvalue weighted by molar-refractivity contribution is 5.46. The highest BCUT2D eigenvalue weighted by atomic mass is 16.3. The van der Waals surface area contributed by atoms with Crippen molar-refractivity contribution in [3.8, 4) is 0 Å². The number of rotatable bonds is 6. The zero-order chi connectivity index (χ0) is 13.0. The van der Waals surface area contributed by atoms with E-state index < -0.39 is 0 Å². The molecule has 18 heavy (non-hydrogen) atoms. The number of anilines is 1. The molecule has 4 heteroatoms. The Hall–Kier alpha value is -1.13. The molecule has 0 unspecified atom stereocenters. The zero-order valence-corrected chi connectivity index (χ0v) is 11.0. The molecule has 0 aliphatic heterocycles. The van der Waals surface area contributed by atoms with Gasteiger partial charge in [0.15, 0.2) is 0 Å². The van der Waals surface area contributed by atoms with E-state index in [2.05, 4.69) is 16.0 Å². The van der Waals surface area contributed by atoms with Gasteiger partial charge in [-0.05, 0) is 44.7 Å². The van der Waals surface area contributed by atoms with E-state index in [4.69, 9.17) is 10.8 Å². The summed E-state index contributed by atoms with van der Waals surface area (Å²) in [6, 6.07) is 4.71. The van der Waals surface area contributed by atoms with Crippen LogP contribution in [0.3, 0.4) is 0 Å². The van der Waals surface area contributed by atoms with Gasteiger partial charge in [0.25, 0.3) is 0 Å². The number of nitrogens with two attached hydrogens (primary N) is 1. The molecule has 1 aliphatic rings. The predicted octanol–water partition coefficient (Wildman–Crippen LogP) is 1.84. The van der Waals surface area contributed by atoms with Gasteiger partial charge < -0.3 is 15.7 Å². The van der Waals surface area contributed by atoms with Crippen molar-refractivity contribution in [1.82, 2.24) is 4.98 Å². The molecule has 0 aromatic carbocycles. The number of aliphatic hydroxyl groups is 1. The maximum Gasteiger partial charge on any atom is 0.0569 e. The first-order valence-electron chi connectivity index (χ1n) is 6.81. The van der Waals surface area contributed by atoms with Crippen LogP contribution >= 0.6 is 0 Å². The van der Waals surface area contributed by atoms with Crippen molar-refractivity contribution < 1.29 is 5.11 Å². The molecule has 0 spiro atoms. The first-order valence-corrected chi connectivity index (χ1v) is 6.81. The van der Waals surface area contributed by atoms with Crippen LogP contribution in [-0.2, 0) is 0 Å². The van der Waals surface area contributed by atoms with E-state index >= 15 is 0 Å². The quantitative estimate of drug-likeness (QED) is 0.807. The van der Waals surface area contributed by atoms with Crippen molar-refractivity contribution in [3.63, 3.8) is 0 Å². The summed E-state index contributed by atoms with van der Waals surface area (Å²) < 4.78 is 0. The number of nitrogens with zero attached hydrogens (tertiary/aromatic N) is 2. The SMILES string of the molecule is C[C@H](N)c1ccc(N(CCCO)C2CCC2)cn1. The third-order valence-corrected chi connectivity index (χ3v) is 3.64. The van der Waals surface area contributed by atoms with Crippen LogP contribution < -0.4 is 10.6 Å². The van der Waals surface area contributed by atoms with Crippen molar-refractivity contribution in [2.24, 2.45) is 5.73 Å². The Morgan fingerprint density at radius 2 is 2.28 bits per heavy atom. The largest absolute Gasteiger partial charge is 0.396 e. The van der Waals surface area contributed by atoms with E-state index in [1.165, 1.54) is 19.3 Å². The molecular weight excluding hydrogens is 226 g/mol. The van der Waals surface area contributed by atoms with Crippen LogP contribution in [0.2, 0.25) is 0 Å². The van der Waals surface area contributed by atoms with Crippen molar-refractivity contribution in [2.75, 3.05) is 18.1 Å². The smallest absolute Gasteiger partial charge is 0.0569 e. The lowest BCUT2D eigenvalue weighted by molar-refractivity contribution is 0.283. The molecule has 1 heterocycles. The Morgan fingerprint density at radius 1 is 1.50 bits per heavy atom. The molecule has 1 aromatic rings. The van der Waals surface area contributed by atoms with Gasteiger partial charge >= 0.3 is 0 Å². The lowest BCUT2D eigenvalue weighted by Crippen LogP contribution is -2.41. The number of hydrogen-bond donors (Lipinski definition) is 2. The molecule has 0 saturated heterocycles. The molecule has 1 atom stereocenters. The molecule has 1 aliphatic carbocycles. The van der Waals surface area contributed by atoms with Crippen LogP contribution in [0.1, 0.15) is 44.3 Å². The Morgan fingerprint density at radius 3 is 2.72 bits per heavy atom. The van der Waals surface area contributed by atoms with Crippen molar-refractivity contribution >= 4 is 5.69 Å². The normalized spacial score (nSPS) is 17.3. The molecule has 3 N–H and O–H groups in total. The predicted molar refractivity (Wildman–Crippen MR) is 73.5 cm³/mol. The van der Waals surface area contributed by atoms with E-state index in [9.17, 15) is 0 Å². The van der Waals surface area contributed by atoms with Gasteiger partial charge in [0.05, 0.1) is 17.6 Å². The maximum absolute atomic E-state index is 8.99. The van der Waals surface area contributed by atoms with E-state index in [1.54, 1.807) is 0 Å². The molecular formula is C14H23N3O. The fourth-order valence-electron chi connectivity index (χ4n) is 2.30. The summed E-state index contributed by atoms with van der Waals surface area (Å²) >= 11 is 0. The number of pyridine rings is 1. The van der Waals surface area contributed by atoms with Crippen molar-refractivity contribution in [2.45, 2.75) is 44.7 Å². The summed E-state index contributed by atoms with van der Waals surface area (Å²) in [6.45, 7) is 3.09. The van der Waals surface area contributed by atoms with Gasteiger partial charge in [-0.15, -0.1) is 0 Å². The summed E-state index contributed by atoms with van der Waals surface area (Å²) in [6.07, 6.45) is 6.53. The van der Waals surface area contributed by atoms with Crippen LogP contribution in [0.4, 0.5) is 5.69 Å². The minimum absolute atomic E-state index is 0.0198. The third kappa shape index (κ3) is 3.00. The number of aliphatic hydroxyl groups excluding tert-OH is 1. The lowest BCUT2D eigenvalue weighted by atomic mass is 9.91. The average Bonchev–Trinajstić information content (AvgIpc) is 2.32. The van der Waals surface area contributed by atoms with E-state index in [0.717, 1.165) is 24.3 Å². The van der Waals surface area contributed by atoms with E-state index in [1.807, 2.05) is 19.2 Å². The summed E-state index contributed by atoms with van der Waals surface area (Å²) in [5.74, 6) is 0. The standard InChI is InChI=1S/C14H23N3O/c1-11(15)14-7-6-13(10-16-14)17(8-3-9-18)12-4-2-5-12/h6-7,10-12,18H,2-5,8-9,15H2,1H3/t11-/m0/s1. The minimum Gasteiger partial charge on any atom is -0.396 e. The van der Waals surface area contributed by atoms with Crippen LogP contribution in [0.25, 0.3) is 0 Å². The molecule has 1 saturated carbocycles.